The van der Waals surface area contributed by atoms with Gasteiger partial charge in [-0.15, -0.1) is 0 Å². The van der Waals surface area contributed by atoms with E-state index in [0.717, 1.165) is 16.0 Å². The Hall–Kier alpha value is -2.43. The van der Waals surface area contributed by atoms with Gasteiger partial charge in [0.05, 0.1) is 4.88 Å². The Morgan fingerprint density at radius 1 is 1.09 bits per heavy atom. The van der Waals surface area contributed by atoms with Gasteiger partial charge in [0.25, 0.3) is 0 Å². The van der Waals surface area contributed by atoms with E-state index in [1.54, 1.807) is 24.4 Å². The molecule has 1 amide bonds. The predicted octanol–water partition coefficient (Wildman–Crippen LogP) is 5.12. The lowest BCUT2D eigenvalue weighted by atomic mass is 10.2. The lowest BCUT2D eigenvalue weighted by molar-refractivity contribution is -0.111. The number of anilines is 1. The molecule has 1 aromatic heterocycles. The van der Waals surface area contributed by atoms with Gasteiger partial charge in [-0.05, 0) is 29.3 Å². The van der Waals surface area contributed by atoms with Crippen LogP contribution in [0.15, 0.2) is 66.9 Å². The third-order valence-electron chi connectivity index (χ3n) is 3.09. The van der Waals surface area contributed by atoms with E-state index >= 15 is 0 Å². The molecule has 0 aliphatic rings. The Bertz CT molecular complexity index is 826. The van der Waals surface area contributed by atoms with Crippen molar-refractivity contribution in [2.45, 2.75) is 0 Å². The smallest absolute Gasteiger partial charge is 0.250 e. The Morgan fingerprint density at radius 3 is 2.57 bits per heavy atom. The van der Waals surface area contributed by atoms with E-state index in [9.17, 15) is 4.79 Å². The second kappa shape index (κ2) is 7.22. The fraction of sp³-hybridized carbons (Fsp3) is 0. The monoisotopic (exact) mass is 340 g/mol. The fourth-order valence-electron chi connectivity index (χ4n) is 1.96. The van der Waals surface area contributed by atoms with Crippen LogP contribution >= 0.6 is 22.9 Å². The summed E-state index contributed by atoms with van der Waals surface area (Å²) in [4.78, 5) is 17.2. The zero-order valence-corrected chi connectivity index (χ0v) is 13.6. The zero-order chi connectivity index (χ0) is 16.1. The van der Waals surface area contributed by atoms with Crippen LogP contribution in [0.4, 0.5) is 5.13 Å². The fourth-order valence-corrected chi connectivity index (χ4v) is 2.91. The molecule has 5 heteroatoms. The van der Waals surface area contributed by atoms with E-state index in [-0.39, 0.29) is 5.91 Å². The molecule has 0 radical (unpaired) electrons. The number of carbonyl (C=O) groups excluding carboxylic acids is 1. The van der Waals surface area contributed by atoms with Crippen molar-refractivity contribution in [2.75, 3.05) is 5.32 Å². The number of amides is 1. The van der Waals surface area contributed by atoms with E-state index in [2.05, 4.69) is 10.3 Å². The van der Waals surface area contributed by atoms with Crippen molar-refractivity contribution in [3.63, 3.8) is 0 Å². The lowest BCUT2D eigenvalue weighted by Gasteiger charge is -1.97. The van der Waals surface area contributed by atoms with Crippen molar-refractivity contribution in [1.82, 2.24) is 4.98 Å². The van der Waals surface area contributed by atoms with Gasteiger partial charge in [0.2, 0.25) is 5.91 Å². The molecule has 0 unspecified atom stereocenters. The van der Waals surface area contributed by atoms with Crippen LogP contribution in [0.3, 0.4) is 0 Å². The first-order valence-electron chi connectivity index (χ1n) is 6.96. The van der Waals surface area contributed by atoms with Gasteiger partial charge in [-0.3, -0.25) is 10.1 Å². The molecule has 0 aliphatic carbocycles. The number of nitrogens with zero attached hydrogens (tertiary/aromatic N) is 1. The van der Waals surface area contributed by atoms with Crippen LogP contribution < -0.4 is 5.32 Å². The van der Waals surface area contributed by atoms with Crippen molar-refractivity contribution in [3.8, 4) is 10.4 Å². The van der Waals surface area contributed by atoms with Crippen molar-refractivity contribution >= 4 is 40.1 Å². The summed E-state index contributed by atoms with van der Waals surface area (Å²) in [6.07, 6.45) is 4.97. The Balaban J connectivity index is 1.64. The number of aromatic nitrogens is 1. The summed E-state index contributed by atoms with van der Waals surface area (Å²) in [5, 5.41) is 4.02. The molecule has 0 spiro atoms. The van der Waals surface area contributed by atoms with E-state index in [4.69, 9.17) is 11.6 Å². The van der Waals surface area contributed by atoms with Gasteiger partial charge in [-0.2, -0.15) is 0 Å². The van der Waals surface area contributed by atoms with Crippen molar-refractivity contribution in [1.29, 1.82) is 0 Å². The summed E-state index contributed by atoms with van der Waals surface area (Å²) in [6.45, 7) is 0. The van der Waals surface area contributed by atoms with Crippen LogP contribution in [0.1, 0.15) is 5.56 Å². The molecule has 0 saturated carbocycles. The predicted molar refractivity (Wildman–Crippen MR) is 96.7 cm³/mol. The minimum Gasteiger partial charge on any atom is -0.298 e. The van der Waals surface area contributed by atoms with Crippen molar-refractivity contribution < 1.29 is 4.79 Å². The number of halogens is 1. The van der Waals surface area contributed by atoms with Crippen LogP contribution in [0, 0.1) is 0 Å². The number of rotatable bonds is 4. The molecule has 1 heterocycles. The number of benzene rings is 2. The van der Waals surface area contributed by atoms with E-state index < -0.39 is 0 Å². The molecule has 0 aliphatic heterocycles. The second-order valence-corrected chi connectivity index (χ2v) is 6.24. The van der Waals surface area contributed by atoms with Crippen molar-refractivity contribution in [2.24, 2.45) is 0 Å². The maximum atomic E-state index is 11.9. The summed E-state index contributed by atoms with van der Waals surface area (Å²) in [7, 11) is 0. The molecule has 0 saturated heterocycles. The second-order valence-electron chi connectivity index (χ2n) is 4.77. The highest BCUT2D eigenvalue weighted by molar-refractivity contribution is 7.19. The first kappa shape index (κ1) is 15.5. The van der Waals surface area contributed by atoms with Crippen LogP contribution in [0.5, 0.6) is 0 Å². The summed E-state index contributed by atoms with van der Waals surface area (Å²) >= 11 is 7.27. The average molecular weight is 341 g/mol. The van der Waals surface area contributed by atoms with Crippen LogP contribution in [0.2, 0.25) is 5.02 Å². The molecule has 0 fully saturated rings. The van der Waals surface area contributed by atoms with Gasteiger partial charge in [0.1, 0.15) is 0 Å². The third kappa shape index (κ3) is 4.28. The van der Waals surface area contributed by atoms with Gasteiger partial charge in [0.15, 0.2) is 5.13 Å². The summed E-state index contributed by atoms with van der Waals surface area (Å²) < 4.78 is 0. The number of thiazole rings is 1. The van der Waals surface area contributed by atoms with Crippen LogP contribution in [0.25, 0.3) is 16.5 Å². The Morgan fingerprint density at radius 2 is 1.83 bits per heavy atom. The standard InChI is InChI=1S/C18H13ClN2OS/c19-15-9-6-13(7-10-15)8-11-17(22)21-18-20-12-16(23-18)14-4-2-1-3-5-14/h1-12H,(H,20,21,22)/b11-8+. The molecule has 0 atom stereocenters. The summed E-state index contributed by atoms with van der Waals surface area (Å²) in [5.41, 5.74) is 2.00. The number of nitrogens with one attached hydrogen (secondary N) is 1. The van der Waals surface area contributed by atoms with Crippen LogP contribution in [-0.4, -0.2) is 10.9 Å². The van der Waals surface area contributed by atoms with Gasteiger partial charge < -0.3 is 0 Å². The minimum absolute atomic E-state index is 0.214. The molecule has 3 aromatic rings. The van der Waals surface area contributed by atoms with E-state index in [1.165, 1.54) is 17.4 Å². The molecule has 0 bridgehead atoms. The minimum atomic E-state index is -0.214. The highest BCUT2D eigenvalue weighted by Gasteiger charge is 2.05. The molecule has 1 N–H and O–H groups in total. The van der Waals surface area contributed by atoms with Gasteiger partial charge in [0, 0.05) is 17.3 Å². The third-order valence-corrected chi connectivity index (χ3v) is 4.31. The van der Waals surface area contributed by atoms with Crippen LogP contribution in [-0.2, 0) is 4.79 Å². The first-order chi connectivity index (χ1) is 11.2. The molecule has 3 rings (SSSR count). The van der Waals surface area contributed by atoms with Crippen molar-refractivity contribution in [3.05, 3.63) is 77.5 Å². The van der Waals surface area contributed by atoms with E-state index in [1.807, 2.05) is 42.5 Å². The van der Waals surface area contributed by atoms with Gasteiger partial charge in [-0.1, -0.05) is 65.4 Å². The summed E-state index contributed by atoms with van der Waals surface area (Å²) in [6, 6.07) is 17.2. The number of hydrogen-bond acceptors (Lipinski definition) is 3. The van der Waals surface area contributed by atoms with Gasteiger partial charge in [-0.25, -0.2) is 4.98 Å². The molecule has 2 aromatic carbocycles. The Kier molecular flexibility index (Phi) is 4.86. The topological polar surface area (TPSA) is 42.0 Å². The SMILES string of the molecule is O=C(/C=C/c1ccc(Cl)cc1)Nc1ncc(-c2ccccc2)s1. The number of hydrogen-bond donors (Lipinski definition) is 1. The summed E-state index contributed by atoms with van der Waals surface area (Å²) in [5.74, 6) is -0.214. The molecular formula is C18H13ClN2OS. The molecule has 3 nitrogen and oxygen atoms in total. The van der Waals surface area contributed by atoms with E-state index in [0.29, 0.717) is 10.2 Å². The largest absolute Gasteiger partial charge is 0.298 e. The number of carbonyl (C=O) groups is 1. The average Bonchev–Trinajstić information content (AvgIpc) is 3.04. The maximum absolute atomic E-state index is 11.9. The zero-order valence-electron chi connectivity index (χ0n) is 12.1. The highest BCUT2D eigenvalue weighted by Crippen LogP contribution is 2.28. The first-order valence-corrected chi connectivity index (χ1v) is 8.16. The highest BCUT2D eigenvalue weighted by atomic mass is 35.5. The normalized spacial score (nSPS) is 10.8. The Labute approximate surface area is 143 Å². The quantitative estimate of drug-likeness (QED) is 0.670. The van der Waals surface area contributed by atoms with Gasteiger partial charge >= 0.3 is 0 Å². The lowest BCUT2D eigenvalue weighted by Crippen LogP contribution is -2.06. The molecule has 114 valence electrons. The molecular weight excluding hydrogens is 328 g/mol. The molecule has 23 heavy (non-hydrogen) atoms. The maximum Gasteiger partial charge on any atom is 0.250 e.